The number of rotatable bonds is 3. The highest BCUT2D eigenvalue weighted by Gasteiger charge is 2.21. The van der Waals surface area contributed by atoms with E-state index in [2.05, 4.69) is 43.4 Å². The van der Waals surface area contributed by atoms with Crippen LogP contribution in [0.25, 0.3) is 0 Å². The molecular weight excluding hydrogens is 196 g/mol. The van der Waals surface area contributed by atoms with Gasteiger partial charge in [0, 0.05) is 18.5 Å². The third kappa shape index (κ3) is 2.28. The second kappa shape index (κ2) is 4.56. The topological polar surface area (TPSA) is 38.0 Å². The van der Waals surface area contributed by atoms with Gasteiger partial charge in [-0.1, -0.05) is 38.1 Å². The molecule has 3 N–H and O–H groups in total. The Balaban J connectivity index is 2.25. The number of nitrogens with one attached hydrogen (secondary N) is 1. The Hall–Kier alpha value is -0.860. The predicted octanol–water partition coefficient (Wildman–Crippen LogP) is 2.00. The Morgan fingerprint density at radius 1 is 1.44 bits per heavy atom. The third-order valence-corrected chi connectivity index (χ3v) is 3.71. The normalized spacial score (nSPS) is 21.3. The zero-order valence-corrected chi connectivity index (χ0v) is 10.3. The van der Waals surface area contributed by atoms with Crippen LogP contribution >= 0.6 is 0 Å². The van der Waals surface area contributed by atoms with E-state index in [0.717, 1.165) is 13.1 Å². The lowest BCUT2D eigenvalue weighted by molar-refractivity contribution is 0.537. The summed E-state index contributed by atoms with van der Waals surface area (Å²) in [5.74, 6) is 0.688. The quantitative estimate of drug-likeness (QED) is 0.814. The van der Waals surface area contributed by atoms with Crippen molar-refractivity contribution in [1.29, 1.82) is 0 Å². The second-order valence-corrected chi connectivity index (χ2v) is 5.40. The van der Waals surface area contributed by atoms with E-state index in [1.54, 1.807) is 0 Å². The molecule has 1 saturated heterocycles. The van der Waals surface area contributed by atoms with Gasteiger partial charge in [0.1, 0.15) is 0 Å². The van der Waals surface area contributed by atoms with Gasteiger partial charge in [0.05, 0.1) is 0 Å². The van der Waals surface area contributed by atoms with Gasteiger partial charge in [-0.3, -0.25) is 0 Å². The Labute approximate surface area is 98.2 Å². The summed E-state index contributed by atoms with van der Waals surface area (Å²) in [5, 5.41) is 3.42. The minimum atomic E-state index is 0.0854. The van der Waals surface area contributed by atoms with E-state index in [9.17, 15) is 0 Å². The van der Waals surface area contributed by atoms with E-state index in [0.29, 0.717) is 12.5 Å². The molecule has 0 aromatic heterocycles. The highest BCUT2D eigenvalue weighted by molar-refractivity contribution is 5.32. The van der Waals surface area contributed by atoms with Crippen LogP contribution in [0.15, 0.2) is 24.3 Å². The molecule has 1 aromatic rings. The smallest absolute Gasteiger partial charge is 0.00206 e. The van der Waals surface area contributed by atoms with Crippen molar-refractivity contribution in [2.24, 2.45) is 5.73 Å². The summed E-state index contributed by atoms with van der Waals surface area (Å²) in [6, 6.07) is 8.94. The molecule has 2 heteroatoms. The molecule has 88 valence electrons. The van der Waals surface area contributed by atoms with Crippen LogP contribution in [0.4, 0.5) is 0 Å². The van der Waals surface area contributed by atoms with Gasteiger partial charge in [-0.05, 0) is 30.0 Å². The van der Waals surface area contributed by atoms with Crippen LogP contribution in [0.2, 0.25) is 0 Å². The molecule has 0 spiro atoms. The lowest BCUT2D eigenvalue weighted by atomic mass is 9.82. The fraction of sp³-hybridized carbons (Fsp3) is 0.571. The van der Waals surface area contributed by atoms with Crippen molar-refractivity contribution in [2.75, 3.05) is 19.6 Å². The van der Waals surface area contributed by atoms with Crippen molar-refractivity contribution in [3.05, 3.63) is 35.4 Å². The molecule has 0 aliphatic carbocycles. The van der Waals surface area contributed by atoms with Crippen LogP contribution in [0, 0.1) is 0 Å². The number of nitrogens with two attached hydrogens (primary N) is 1. The van der Waals surface area contributed by atoms with E-state index >= 15 is 0 Å². The highest BCUT2D eigenvalue weighted by atomic mass is 14.9. The van der Waals surface area contributed by atoms with Gasteiger partial charge in [0.25, 0.3) is 0 Å². The lowest BCUT2D eigenvalue weighted by Gasteiger charge is -2.24. The third-order valence-electron chi connectivity index (χ3n) is 3.71. The average molecular weight is 218 g/mol. The van der Waals surface area contributed by atoms with Crippen LogP contribution in [0.5, 0.6) is 0 Å². The summed E-state index contributed by atoms with van der Waals surface area (Å²) in [6.45, 7) is 7.37. The predicted molar refractivity (Wildman–Crippen MR) is 68.8 cm³/mol. The van der Waals surface area contributed by atoms with Crippen LogP contribution in [-0.2, 0) is 5.41 Å². The van der Waals surface area contributed by atoms with Crippen LogP contribution in [0.3, 0.4) is 0 Å². The van der Waals surface area contributed by atoms with Crippen molar-refractivity contribution in [3.63, 3.8) is 0 Å². The van der Waals surface area contributed by atoms with Crippen LogP contribution in [-0.4, -0.2) is 19.6 Å². The van der Waals surface area contributed by atoms with Crippen molar-refractivity contribution < 1.29 is 0 Å². The second-order valence-electron chi connectivity index (χ2n) is 5.40. The maximum atomic E-state index is 5.83. The zero-order valence-electron chi connectivity index (χ0n) is 10.3. The van der Waals surface area contributed by atoms with E-state index in [1.165, 1.54) is 17.5 Å². The monoisotopic (exact) mass is 218 g/mol. The van der Waals surface area contributed by atoms with Gasteiger partial charge in [-0.15, -0.1) is 0 Å². The van der Waals surface area contributed by atoms with Gasteiger partial charge in [-0.25, -0.2) is 0 Å². The molecule has 0 radical (unpaired) electrons. The minimum absolute atomic E-state index is 0.0854. The lowest BCUT2D eigenvalue weighted by Crippen LogP contribution is -2.28. The average Bonchev–Trinajstić information content (AvgIpc) is 2.83. The number of hydrogen-bond donors (Lipinski definition) is 2. The first-order chi connectivity index (χ1) is 7.63. The maximum absolute atomic E-state index is 5.83. The molecule has 1 aromatic carbocycles. The standard InChI is InChI=1S/C14H22N2/c1-14(2,10-15)13-5-3-4-11(8-13)12-6-7-16-9-12/h3-5,8,12,16H,6-7,9-10,15H2,1-2H3. The van der Waals surface area contributed by atoms with Crippen molar-refractivity contribution >= 4 is 0 Å². The fourth-order valence-corrected chi connectivity index (χ4v) is 2.27. The van der Waals surface area contributed by atoms with Gasteiger partial charge in [-0.2, -0.15) is 0 Å². The molecule has 16 heavy (non-hydrogen) atoms. The summed E-state index contributed by atoms with van der Waals surface area (Å²) in [4.78, 5) is 0. The first-order valence-corrected chi connectivity index (χ1v) is 6.15. The Morgan fingerprint density at radius 2 is 2.25 bits per heavy atom. The highest BCUT2D eigenvalue weighted by Crippen LogP contribution is 2.28. The van der Waals surface area contributed by atoms with E-state index in [-0.39, 0.29) is 5.41 Å². The molecule has 1 aliphatic heterocycles. The molecular formula is C14H22N2. The van der Waals surface area contributed by atoms with Crippen molar-refractivity contribution in [3.8, 4) is 0 Å². The first-order valence-electron chi connectivity index (χ1n) is 6.15. The van der Waals surface area contributed by atoms with E-state index in [4.69, 9.17) is 5.73 Å². The minimum Gasteiger partial charge on any atom is -0.330 e. The molecule has 1 fully saturated rings. The Kier molecular flexibility index (Phi) is 3.31. The van der Waals surface area contributed by atoms with Crippen LogP contribution < -0.4 is 11.1 Å². The van der Waals surface area contributed by atoms with Crippen LogP contribution in [0.1, 0.15) is 37.3 Å². The summed E-state index contributed by atoms with van der Waals surface area (Å²) in [6.07, 6.45) is 1.26. The Bertz CT molecular complexity index is 352. The molecule has 2 nitrogen and oxygen atoms in total. The van der Waals surface area contributed by atoms with Gasteiger partial charge in [0.2, 0.25) is 0 Å². The largest absolute Gasteiger partial charge is 0.330 e. The fourth-order valence-electron chi connectivity index (χ4n) is 2.27. The molecule has 1 aliphatic rings. The number of hydrogen-bond acceptors (Lipinski definition) is 2. The van der Waals surface area contributed by atoms with Gasteiger partial charge >= 0.3 is 0 Å². The first kappa shape index (κ1) is 11.6. The zero-order chi connectivity index (χ0) is 11.6. The summed E-state index contributed by atoms with van der Waals surface area (Å²) < 4.78 is 0. The van der Waals surface area contributed by atoms with Crippen molar-refractivity contribution in [2.45, 2.75) is 31.6 Å². The molecule has 1 unspecified atom stereocenters. The SMILES string of the molecule is CC(C)(CN)c1cccc(C2CCNC2)c1. The van der Waals surface area contributed by atoms with E-state index in [1.807, 2.05) is 0 Å². The molecule has 0 saturated carbocycles. The summed E-state index contributed by atoms with van der Waals surface area (Å²) >= 11 is 0. The van der Waals surface area contributed by atoms with Gasteiger partial charge < -0.3 is 11.1 Å². The molecule has 0 amide bonds. The number of benzene rings is 1. The molecule has 1 heterocycles. The molecule has 2 rings (SSSR count). The summed E-state index contributed by atoms with van der Waals surface area (Å²) in [5.41, 5.74) is 8.74. The Morgan fingerprint density at radius 3 is 2.88 bits per heavy atom. The molecule has 1 atom stereocenters. The van der Waals surface area contributed by atoms with E-state index < -0.39 is 0 Å². The summed E-state index contributed by atoms with van der Waals surface area (Å²) in [7, 11) is 0. The molecule has 0 bridgehead atoms. The van der Waals surface area contributed by atoms with Crippen molar-refractivity contribution in [1.82, 2.24) is 5.32 Å². The maximum Gasteiger partial charge on any atom is 0.00206 e. The van der Waals surface area contributed by atoms with Gasteiger partial charge in [0.15, 0.2) is 0 Å².